The molecule has 35 heavy (non-hydrogen) atoms. The molecule has 0 aliphatic rings. The van der Waals surface area contributed by atoms with Gasteiger partial charge in [-0.05, 0) is 53.4 Å². The van der Waals surface area contributed by atoms with Gasteiger partial charge in [0.1, 0.15) is 0 Å². The van der Waals surface area contributed by atoms with Gasteiger partial charge in [0.15, 0.2) is 11.5 Å². The third-order valence-corrected chi connectivity index (χ3v) is 6.18. The molecule has 172 valence electrons. The number of benzene rings is 4. The third-order valence-electron chi connectivity index (χ3n) is 6.18. The summed E-state index contributed by atoms with van der Waals surface area (Å²) in [5.41, 5.74) is 9.73. The van der Waals surface area contributed by atoms with Crippen LogP contribution in [-0.4, -0.2) is 19.2 Å². The topological polar surface area (TPSA) is 31.4 Å². The third kappa shape index (κ3) is 4.80. The van der Waals surface area contributed by atoms with Crippen molar-refractivity contribution in [3.05, 3.63) is 115 Å². The Labute approximate surface area is 206 Å². The van der Waals surface area contributed by atoms with E-state index in [9.17, 15) is 0 Å². The second kappa shape index (κ2) is 9.86. The van der Waals surface area contributed by atoms with Gasteiger partial charge in [-0.3, -0.25) is 0 Å². The monoisotopic (exact) mass is 457 g/mol. The zero-order chi connectivity index (χ0) is 24.2. The van der Waals surface area contributed by atoms with Crippen molar-refractivity contribution in [1.29, 1.82) is 0 Å². The number of pyridine rings is 1. The molecule has 0 saturated carbocycles. The Kier molecular flexibility index (Phi) is 6.32. The molecule has 5 aromatic rings. The highest BCUT2D eigenvalue weighted by Crippen LogP contribution is 2.35. The van der Waals surface area contributed by atoms with Gasteiger partial charge >= 0.3 is 0 Å². The van der Waals surface area contributed by atoms with Crippen LogP contribution in [0, 0.1) is 6.92 Å². The summed E-state index contributed by atoms with van der Waals surface area (Å²) in [6.07, 6.45) is 0. The minimum absolute atomic E-state index is 0.701. The van der Waals surface area contributed by atoms with E-state index in [0.29, 0.717) is 11.5 Å². The van der Waals surface area contributed by atoms with E-state index in [4.69, 9.17) is 14.5 Å². The van der Waals surface area contributed by atoms with E-state index in [0.717, 1.165) is 33.6 Å². The van der Waals surface area contributed by atoms with Crippen LogP contribution in [0.4, 0.5) is 0 Å². The van der Waals surface area contributed by atoms with Gasteiger partial charge in [0.2, 0.25) is 0 Å². The maximum Gasteiger partial charge on any atom is 0.161 e. The molecular weight excluding hydrogens is 430 g/mol. The highest BCUT2D eigenvalue weighted by molar-refractivity contribution is 5.78. The number of hydrogen-bond donors (Lipinski definition) is 0. The Morgan fingerprint density at radius 2 is 0.971 bits per heavy atom. The molecule has 0 aliphatic carbocycles. The van der Waals surface area contributed by atoms with E-state index in [1.165, 1.54) is 16.7 Å². The minimum Gasteiger partial charge on any atom is -0.493 e. The molecule has 0 amide bonds. The molecule has 0 N–H and O–H groups in total. The molecule has 1 heterocycles. The lowest BCUT2D eigenvalue weighted by atomic mass is 9.98. The summed E-state index contributed by atoms with van der Waals surface area (Å²) in [6, 6.07) is 37.8. The normalized spacial score (nSPS) is 10.7. The maximum atomic E-state index is 5.56. The summed E-state index contributed by atoms with van der Waals surface area (Å²) in [5.74, 6) is 1.41. The average Bonchev–Trinajstić information content (AvgIpc) is 2.93. The molecule has 0 radical (unpaired) electrons. The molecule has 4 aromatic carbocycles. The van der Waals surface area contributed by atoms with Crippen molar-refractivity contribution in [1.82, 2.24) is 4.98 Å². The van der Waals surface area contributed by atoms with Crippen LogP contribution in [0.15, 0.2) is 109 Å². The predicted octanol–water partition coefficient (Wildman–Crippen LogP) is 8.08. The number of aromatic nitrogens is 1. The zero-order valence-corrected chi connectivity index (χ0v) is 20.2. The Bertz CT molecular complexity index is 1440. The Morgan fingerprint density at radius 1 is 0.457 bits per heavy atom. The fourth-order valence-electron chi connectivity index (χ4n) is 4.20. The summed E-state index contributed by atoms with van der Waals surface area (Å²) >= 11 is 0. The highest BCUT2D eigenvalue weighted by Gasteiger charge is 2.12. The minimum atomic E-state index is 0.701. The van der Waals surface area contributed by atoms with E-state index in [1.807, 2.05) is 18.2 Å². The van der Waals surface area contributed by atoms with Crippen LogP contribution in [0.1, 0.15) is 5.56 Å². The molecule has 3 heteroatoms. The Morgan fingerprint density at radius 3 is 1.57 bits per heavy atom. The van der Waals surface area contributed by atoms with Gasteiger partial charge in [0.05, 0.1) is 25.6 Å². The van der Waals surface area contributed by atoms with E-state index >= 15 is 0 Å². The molecule has 0 aliphatic heterocycles. The van der Waals surface area contributed by atoms with Gasteiger partial charge in [-0.1, -0.05) is 90.5 Å². The highest BCUT2D eigenvalue weighted by atomic mass is 16.5. The van der Waals surface area contributed by atoms with Gasteiger partial charge < -0.3 is 9.47 Å². The quantitative estimate of drug-likeness (QED) is 0.258. The fraction of sp³-hybridized carbons (Fsp3) is 0.0938. The molecule has 3 nitrogen and oxygen atoms in total. The van der Waals surface area contributed by atoms with E-state index in [1.54, 1.807) is 14.2 Å². The van der Waals surface area contributed by atoms with Gasteiger partial charge in [-0.15, -0.1) is 0 Å². The number of methoxy groups -OCH3 is 2. The Hall–Kier alpha value is -4.37. The first-order valence-corrected chi connectivity index (χ1v) is 11.6. The maximum absolute atomic E-state index is 5.56. The fourth-order valence-corrected chi connectivity index (χ4v) is 4.20. The molecule has 1 aromatic heterocycles. The lowest BCUT2D eigenvalue weighted by Gasteiger charge is -2.13. The Balaban J connectivity index is 1.62. The van der Waals surface area contributed by atoms with Gasteiger partial charge in [-0.2, -0.15) is 0 Å². The van der Waals surface area contributed by atoms with Crippen LogP contribution >= 0.6 is 0 Å². The van der Waals surface area contributed by atoms with Crippen LogP contribution in [0.3, 0.4) is 0 Å². The van der Waals surface area contributed by atoms with Crippen molar-refractivity contribution in [2.24, 2.45) is 0 Å². The molecule has 0 saturated heterocycles. The summed E-state index contributed by atoms with van der Waals surface area (Å²) in [6.45, 7) is 2.09. The zero-order valence-electron chi connectivity index (χ0n) is 20.2. The van der Waals surface area contributed by atoms with Crippen molar-refractivity contribution in [2.45, 2.75) is 6.92 Å². The molecule has 0 atom stereocenters. The molecule has 0 fully saturated rings. The molecule has 5 rings (SSSR count). The summed E-state index contributed by atoms with van der Waals surface area (Å²) in [4.78, 5) is 5.05. The summed E-state index contributed by atoms with van der Waals surface area (Å²) in [5, 5.41) is 0. The van der Waals surface area contributed by atoms with E-state index in [-0.39, 0.29) is 0 Å². The average molecular weight is 458 g/mol. The number of nitrogens with zero attached hydrogens (tertiary/aromatic N) is 1. The van der Waals surface area contributed by atoms with Gasteiger partial charge in [-0.25, -0.2) is 4.98 Å². The molecular formula is C32H27NO2. The van der Waals surface area contributed by atoms with Crippen LogP contribution in [0.5, 0.6) is 11.5 Å². The van der Waals surface area contributed by atoms with Crippen LogP contribution in [-0.2, 0) is 0 Å². The SMILES string of the molecule is COc1ccc(-c2cc(-c3ccc(C)cc3)nc(-c3ccc(-c4ccccc4)cc3)c2)cc1OC. The van der Waals surface area contributed by atoms with Crippen LogP contribution in [0.25, 0.3) is 44.8 Å². The number of rotatable bonds is 6. The first-order valence-electron chi connectivity index (χ1n) is 11.6. The first kappa shape index (κ1) is 22.4. The van der Waals surface area contributed by atoms with E-state index < -0.39 is 0 Å². The molecule has 0 bridgehead atoms. The smallest absolute Gasteiger partial charge is 0.161 e. The van der Waals surface area contributed by atoms with Gasteiger partial charge in [0.25, 0.3) is 0 Å². The first-order chi connectivity index (χ1) is 17.1. The second-order valence-corrected chi connectivity index (χ2v) is 8.51. The van der Waals surface area contributed by atoms with Gasteiger partial charge in [0, 0.05) is 11.1 Å². The van der Waals surface area contributed by atoms with Crippen molar-refractivity contribution >= 4 is 0 Å². The predicted molar refractivity (Wildman–Crippen MR) is 144 cm³/mol. The van der Waals surface area contributed by atoms with Crippen molar-refractivity contribution < 1.29 is 9.47 Å². The van der Waals surface area contributed by atoms with Crippen LogP contribution < -0.4 is 9.47 Å². The standard InChI is InChI=1S/C32H27NO2/c1-22-9-11-25(12-10-22)29-19-28(27-17-18-31(34-2)32(21-27)35-3)20-30(33-29)26-15-13-24(14-16-26)23-7-5-4-6-8-23/h4-21H,1-3H3. The van der Waals surface area contributed by atoms with E-state index in [2.05, 4.69) is 97.9 Å². The van der Waals surface area contributed by atoms with Crippen LogP contribution in [0.2, 0.25) is 0 Å². The summed E-state index contributed by atoms with van der Waals surface area (Å²) in [7, 11) is 3.31. The number of aryl methyl sites for hydroxylation is 1. The number of ether oxygens (including phenoxy) is 2. The largest absolute Gasteiger partial charge is 0.493 e. The molecule has 0 unspecified atom stereocenters. The second-order valence-electron chi connectivity index (χ2n) is 8.51. The molecule has 0 spiro atoms. The summed E-state index contributed by atoms with van der Waals surface area (Å²) < 4.78 is 11.0. The lowest BCUT2D eigenvalue weighted by molar-refractivity contribution is 0.355. The van der Waals surface area contributed by atoms with Crippen molar-refractivity contribution in [3.8, 4) is 56.3 Å². The van der Waals surface area contributed by atoms with Crippen molar-refractivity contribution in [2.75, 3.05) is 14.2 Å². The number of hydrogen-bond acceptors (Lipinski definition) is 3. The lowest BCUT2D eigenvalue weighted by Crippen LogP contribution is -1.93. The van der Waals surface area contributed by atoms with Crippen molar-refractivity contribution in [3.63, 3.8) is 0 Å².